The van der Waals surface area contributed by atoms with E-state index < -0.39 is 0 Å². The Labute approximate surface area is 209 Å². The van der Waals surface area contributed by atoms with Crippen molar-refractivity contribution >= 4 is 50.0 Å². The minimum absolute atomic E-state index is 0.152. The number of fused-ring (bicyclic) bond motifs is 1. The van der Waals surface area contributed by atoms with Gasteiger partial charge in [-0.25, -0.2) is 15.0 Å². The van der Waals surface area contributed by atoms with E-state index in [1.165, 1.54) is 22.5 Å². The van der Waals surface area contributed by atoms with Crippen molar-refractivity contribution in [3.63, 3.8) is 0 Å². The summed E-state index contributed by atoms with van der Waals surface area (Å²) in [4.78, 5) is 32.8. The van der Waals surface area contributed by atoms with Crippen molar-refractivity contribution in [1.82, 2.24) is 24.8 Å². The Hall–Kier alpha value is -3.56. The van der Waals surface area contributed by atoms with Gasteiger partial charge in [0.2, 0.25) is 5.91 Å². The molecule has 1 aliphatic rings. The van der Waals surface area contributed by atoms with E-state index in [1.807, 2.05) is 36.3 Å². The van der Waals surface area contributed by atoms with E-state index in [4.69, 9.17) is 9.97 Å². The van der Waals surface area contributed by atoms with Gasteiger partial charge < -0.3 is 15.1 Å². The molecule has 0 saturated carbocycles. The third-order valence-corrected chi connectivity index (χ3v) is 7.17. The summed E-state index contributed by atoms with van der Waals surface area (Å²) in [6.07, 6.45) is 1.82. The monoisotopic (exact) mass is 487 g/mol. The standard InChI is InChI=1S/C26H29N7OS/c1-18-4-6-21(7-5-18)31(3)24-9-8-22-25(30-24)35-26(28-22)29-23-16-20(10-11-27-23)17-32-12-14-33(15-13-32)19(2)34/h4-11,16H,12-15,17H2,1-3H3,(H,27,28,29). The molecular weight excluding hydrogens is 458 g/mol. The summed E-state index contributed by atoms with van der Waals surface area (Å²) in [5.74, 6) is 1.79. The van der Waals surface area contributed by atoms with Gasteiger partial charge in [0.1, 0.15) is 22.0 Å². The molecule has 180 valence electrons. The number of rotatable bonds is 6. The van der Waals surface area contributed by atoms with Gasteiger partial charge in [-0.05, 0) is 48.9 Å². The van der Waals surface area contributed by atoms with Crippen LogP contribution in [0.1, 0.15) is 18.1 Å². The van der Waals surface area contributed by atoms with Crippen LogP contribution in [0.3, 0.4) is 0 Å². The van der Waals surface area contributed by atoms with Crippen molar-refractivity contribution in [3.05, 3.63) is 65.9 Å². The van der Waals surface area contributed by atoms with E-state index in [0.29, 0.717) is 0 Å². The number of aromatic nitrogens is 3. The van der Waals surface area contributed by atoms with Gasteiger partial charge >= 0.3 is 0 Å². The van der Waals surface area contributed by atoms with Gasteiger partial charge in [0.15, 0.2) is 5.13 Å². The molecule has 0 aliphatic carbocycles. The molecule has 1 fully saturated rings. The Kier molecular flexibility index (Phi) is 6.61. The SMILES string of the molecule is CC(=O)N1CCN(Cc2ccnc(Nc3nc4ccc(N(C)c5ccc(C)cc5)nc4s3)c2)CC1. The second-order valence-electron chi connectivity index (χ2n) is 8.86. The van der Waals surface area contributed by atoms with Crippen LogP contribution in [0.5, 0.6) is 0 Å². The van der Waals surface area contributed by atoms with Crippen LogP contribution < -0.4 is 10.2 Å². The fraction of sp³-hybridized carbons (Fsp3) is 0.308. The number of aryl methyl sites for hydroxylation is 1. The van der Waals surface area contributed by atoms with Crippen molar-refractivity contribution in [2.75, 3.05) is 43.4 Å². The van der Waals surface area contributed by atoms with Gasteiger partial charge in [0.05, 0.1) is 0 Å². The number of carbonyl (C=O) groups excluding carboxylic acids is 1. The van der Waals surface area contributed by atoms with Crippen molar-refractivity contribution < 1.29 is 4.79 Å². The highest BCUT2D eigenvalue weighted by Gasteiger charge is 2.18. The number of piperazine rings is 1. The Morgan fingerprint density at radius 3 is 2.57 bits per heavy atom. The molecule has 1 amide bonds. The highest BCUT2D eigenvalue weighted by atomic mass is 32.1. The van der Waals surface area contributed by atoms with Crippen LogP contribution in [0.15, 0.2) is 54.7 Å². The fourth-order valence-corrected chi connectivity index (χ4v) is 5.02. The first-order valence-corrected chi connectivity index (χ1v) is 12.5. The molecule has 4 aromatic rings. The number of hydrogen-bond acceptors (Lipinski definition) is 8. The molecule has 8 nitrogen and oxygen atoms in total. The first-order valence-electron chi connectivity index (χ1n) is 11.7. The third kappa shape index (κ3) is 5.41. The molecule has 9 heteroatoms. The lowest BCUT2D eigenvalue weighted by Gasteiger charge is -2.34. The van der Waals surface area contributed by atoms with Crippen LogP contribution in [0, 0.1) is 6.92 Å². The maximum Gasteiger partial charge on any atom is 0.219 e. The summed E-state index contributed by atoms with van der Waals surface area (Å²) in [6.45, 7) is 7.88. The smallest absolute Gasteiger partial charge is 0.219 e. The molecule has 0 unspecified atom stereocenters. The lowest BCUT2D eigenvalue weighted by atomic mass is 10.2. The van der Waals surface area contributed by atoms with Crippen LogP contribution in [0.2, 0.25) is 0 Å². The molecule has 1 aromatic carbocycles. The van der Waals surface area contributed by atoms with E-state index in [9.17, 15) is 4.79 Å². The number of hydrogen-bond donors (Lipinski definition) is 1. The van der Waals surface area contributed by atoms with Crippen molar-refractivity contribution in [2.24, 2.45) is 0 Å². The molecule has 0 spiro atoms. The van der Waals surface area contributed by atoms with Gasteiger partial charge in [-0.3, -0.25) is 9.69 Å². The summed E-state index contributed by atoms with van der Waals surface area (Å²) >= 11 is 1.52. The molecule has 3 aromatic heterocycles. The predicted octanol–water partition coefficient (Wildman–Crippen LogP) is 4.57. The Bertz CT molecular complexity index is 1330. The quantitative estimate of drug-likeness (QED) is 0.427. The van der Waals surface area contributed by atoms with Crippen LogP contribution in [-0.2, 0) is 11.3 Å². The largest absolute Gasteiger partial charge is 0.340 e. The van der Waals surface area contributed by atoms with Crippen LogP contribution in [0.4, 0.5) is 22.5 Å². The fourth-order valence-electron chi connectivity index (χ4n) is 4.18. The lowest BCUT2D eigenvalue weighted by molar-refractivity contribution is -0.130. The lowest BCUT2D eigenvalue weighted by Crippen LogP contribution is -2.47. The van der Waals surface area contributed by atoms with Crippen molar-refractivity contribution in [1.29, 1.82) is 0 Å². The third-order valence-electron chi connectivity index (χ3n) is 6.29. The topological polar surface area (TPSA) is 77.5 Å². The summed E-state index contributed by atoms with van der Waals surface area (Å²) in [6, 6.07) is 16.5. The van der Waals surface area contributed by atoms with Crippen LogP contribution in [-0.4, -0.2) is 63.9 Å². The van der Waals surface area contributed by atoms with Gasteiger partial charge in [-0.2, -0.15) is 0 Å². The van der Waals surface area contributed by atoms with Gasteiger partial charge in [-0.1, -0.05) is 29.0 Å². The molecule has 1 saturated heterocycles. The van der Waals surface area contributed by atoms with E-state index in [0.717, 1.165) is 65.5 Å². The Morgan fingerprint density at radius 1 is 1.06 bits per heavy atom. The first kappa shape index (κ1) is 23.2. The number of anilines is 4. The zero-order valence-corrected chi connectivity index (χ0v) is 21.0. The maximum atomic E-state index is 11.6. The van der Waals surface area contributed by atoms with Gasteiger partial charge in [-0.15, -0.1) is 0 Å². The zero-order chi connectivity index (χ0) is 24.4. The minimum atomic E-state index is 0.152. The Morgan fingerprint density at radius 2 is 1.83 bits per heavy atom. The first-order chi connectivity index (χ1) is 16.9. The number of nitrogens with zero attached hydrogens (tertiary/aromatic N) is 6. The zero-order valence-electron chi connectivity index (χ0n) is 20.2. The summed E-state index contributed by atoms with van der Waals surface area (Å²) in [5, 5.41) is 4.12. The van der Waals surface area contributed by atoms with Gasteiger partial charge in [0, 0.05) is 58.6 Å². The van der Waals surface area contributed by atoms with E-state index in [-0.39, 0.29) is 5.91 Å². The average Bonchev–Trinajstić information content (AvgIpc) is 3.26. The maximum absolute atomic E-state index is 11.6. The highest BCUT2D eigenvalue weighted by molar-refractivity contribution is 7.21. The van der Waals surface area contributed by atoms with Crippen LogP contribution >= 0.6 is 11.3 Å². The molecule has 1 aliphatic heterocycles. The molecule has 0 atom stereocenters. The van der Waals surface area contributed by atoms with E-state index >= 15 is 0 Å². The second kappa shape index (κ2) is 9.97. The predicted molar refractivity (Wildman–Crippen MR) is 142 cm³/mol. The average molecular weight is 488 g/mol. The van der Waals surface area contributed by atoms with Gasteiger partial charge in [0.25, 0.3) is 0 Å². The molecule has 4 heterocycles. The van der Waals surface area contributed by atoms with Crippen LogP contribution in [0.25, 0.3) is 10.3 Å². The molecule has 0 radical (unpaired) electrons. The van der Waals surface area contributed by atoms with E-state index in [1.54, 1.807) is 6.92 Å². The number of thiazole rings is 1. The normalized spacial score (nSPS) is 14.3. The van der Waals surface area contributed by atoms with E-state index in [2.05, 4.69) is 57.4 Å². The summed E-state index contributed by atoms with van der Waals surface area (Å²) in [7, 11) is 2.02. The number of amides is 1. The number of benzene rings is 1. The highest BCUT2D eigenvalue weighted by Crippen LogP contribution is 2.30. The molecule has 35 heavy (non-hydrogen) atoms. The number of nitrogens with one attached hydrogen (secondary N) is 1. The number of pyridine rings is 2. The second-order valence-corrected chi connectivity index (χ2v) is 9.84. The molecule has 1 N–H and O–H groups in total. The molecule has 0 bridgehead atoms. The van der Waals surface area contributed by atoms with Crippen molar-refractivity contribution in [3.8, 4) is 0 Å². The molecule has 5 rings (SSSR count). The minimum Gasteiger partial charge on any atom is -0.340 e. The summed E-state index contributed by atoms with van der Waals surface area (Å²) < 4.78 is 0. The number of carbonyl (C=O) groups is 1. The Balaban J connectivity index is 1.26. The molecular formula is C26H29N7OS. The summed E-state index contributed by atoms with van der Waals surface area (Å²) in [5.41, 5.74) is 4.36. The van der Waals surface area contributed by atoms with Crippen molar-refractivity contribution in [2.45, 2.75) is 20.4 Å².